The summed E-state index contributed by atoms with van der Waals surface area (Å²) in [5.74, 6) is 0.148. The van der Waals surface area contributed by atoms with E-state index in [0.717, 1.165) is 28.7 Å². The molecule has 0 aliphatic heterocycles. The number of amides is 1. The molecule has 1 aromatic heterocycles. The van der Waals surface area contributed by atoms with Gasteiger partial charge in [0.05, 0.1) is 15.7 Å². The Morgan fingerprint density at radius 3 is 2.67 bits per heavy atom. The maximum Gasteiger partial charge on any atom is 0.228 e. The Kier molecular flexibility index (Phi) is 2.97. The predicted molar refractivity (Wildman–Crippen MR) is 85.6 cm³/mol. The summed E-state index contributed by atoms with van der Waals surface area (Å²) in [4.78, 5) is 16.7. The van der Waals surface area contributed by atoms with E-state index in [0.29, 0.717) is 0 Å². The average molecular weight is 294 g/mol. The number of nitrogens with zero attached hydrogens (tertiary/aromatic N) is 1. The lowest BCUT2D eigenvalue weighted by atomic mass is 10.1. The Balaban J connectivity index is 1.51. The minimum Gasteiger partial charge on any atom is -0.326 e. The van der Waals surface area contributed by atoms with Crippen LogP contribution in [0.5, 0.6) is 0 Å². The van der Waals surface area contributed by atoms with E-state index in [4.69, 9.17) is 0 Å². The van der Waals surface area contributed by atoms with Crippen LogP contribution in [0.25, 0.3) is 10.2 Å². The molecule has 1 heterocycles. The van der Waals surface area contributed by atoms with Crippen LogP contribution in [0.15, 0.2) is 48.0 Å². The first-order chi connectivity index (χ1) is 10.3. The van der Waals surface area contributed by atoms with Gasteiger partial charge in [-0.2, -0.15) is 0 Å². The van der Waals surface area contributed by atoms with Gasteiger partial charge in [0.1, 0.15) is 0 Å². The molecule has 0 spiro atoms. The topological polar surface area (TPSA) is 42.0 Å². The van der Waals surface area contributed by atoms with Crippen LogP contribution in [0, 0.1) is 5.92 Å². The standard InChI is InChI=1S/C17H14N2OS/c20-17(13-7-11-3-1-2-4-12(11)8-13)19-14-5-6-15-16(9-14)21-10-18-15/h1-6,9-10,13H,7-8H2,(H,19,20). The highest BCUT2D eigenvalue weighted by molar-refractivity contribution is 7.16. The summed E-state index contributed by atoms with van der Waals surface area (Å²) >= 11 is 1.59. The number of anilines is 1. The highest BCUT2D eigenvalue weighted by atomic mass is 32.1. The van der Waals surface area contributed by atoms with Gasteiger partial charge in [0.15, 0.2) is 0 Å². The Labute approximate surface area is 126 Å². The molecular formula is C17H14N2OS. The number of benzene rings is 2. The van der Waals surface area contributed by atoms with E-state index < -0.39 is 0 Å². The summed E-state index contributed by atoms with van der Waals surface area (Å²) in [6.07, 6.45) is 1.68. The quantitative estimate of drug-likeness (QED) is 0.784. The van der Waals surface area contributed by atoms with E-state index in [1.807, 2.05) is 35.8 Å². The van der Waals surface area contributed by atoms with Gasteiger partial charge in [-0.05, 0) is 42.2 Å². The molecular weight excluding hydrogens is 280 g/mol. The third-order valence-electron chi connectivity index (χ3n) is 4.02. The monoisotopic (exact) mass is 294 g/mol. The van der Waals surface area contributed by atoms with Gasteiger partial charge < -0.3 is 5.32 Å². The van der Waals surface area contributed by atoms with Crippen LogP contribution in [0.3, 0.4) is 0 Å². The maximum atomic E-state index is 12.4. The predicted octanol–water partition coefficient (Wildman–Crippen LogP) is 3.65. The van der Waals surface area contributed by atoms with Crippen molar-refractivity contribution in [1.29, 1.82) is 0 Å². The van der Waals surface area contributed by atoms with Crippen LogP contribution in [-0.4, -0.2) is 10.9 Å². The third-order valence-corrected chi connectivity index (χ3v) is 4.81. The zero-order valence-electron chi connectivity index (χ0n) is 11.4. The smallest absolute Gasteiger partial charge is 0.228 e. The summed E-state index contributed by atoms with van der Waals surface area (Å²) < 4.78 is 1.10. The van der Waals surface area contributed by atoms with Gasteiger partial charge in [0.2, 0.25) is 5.91 Å². The molecule has 1 aliphatic carbocycles. The molecule has 21 heavy (non-hydrogen) atoms. The number of carbonyl (C=O) groups excluding carboxylic acids is 1. The van der Waals surface area contributed by atoms with E-state index in [-0.39, 0.29) is 11.8 Å². The summed E-state index contributed by atoms with van der Waals surface area (Å²) in [6.45, 7) is 0. The van der Waals surface area contributed by atoms with E-state index in [2.05, 4.69) is 22.4 Å². The Hall–Kier alpha value is -2.20. The summed E-state index contributed by atoms with van der Waals surface area (Å²) in [5, 5.41) is 3.04. The molecule has 1 aliphatic rings. The minimum atomic E-state index is 0.0413. The normalized spacial score (nSPS) is 14.3. The zero-order chi connectivity index (χ0) is 14.2. The molecule has 0 unspecified atom stereocenters. The third kappa shape index (κ3) is 2.32. The largest absolute Gasteiger partial charge is 0.326 e. The highest BCUT2D eigenvalue weighted by Crippen LogP contribution is 2.28. The van der Waals surface area contributed by atoms with E-state index in [9.17, 15) is 4.79 Å². The lowest BCUT2D eigenvalue weighted by Crippen LogP contribution is -2.23. The van der Waals surface area contributed by atoms with Crippen LogP contribution < -0.4 is 5.32 Å². The van der Waals surface area contributed by atoms with Crippen molar-refractivity contribution in [2.24, 2.45) is 5.92 Å². The molecule has 4 rings (SSSR count). The van der Waals surface area contributed by atoms with Crippen molar-refractivity contribution in [2.45, 2.75) is 12.8 Å². The van der Waals surface area contributed by atoms with Gasteiger partial charge in [-0.3, -0.25) is 4.79 Å². The van der Waals surface area contributed by atoms with Crippen LogP contribution >= 0.6 is 11.3 Å². The van der Waals surface area contributed by atoms with Gasteiger partial charge in [0.25, 0.3) is 0 Å². The number of nitrogens with one attached hydrogen (secondary N) is 1. The molecule has 0 bridgehead atoms. The van der Waals surface area contributed by atoms with Crippen LogP contribution in [-0.2, 0) is 17.6 Å². The second-order valence-corrected chi connectivity index (χ2v) is 6.28. The number of fused-ring (bicyclic) bond motifs is 2. The first-order valence-corrected chi connectivity index (χ1v) is 7.88. The molecule has 0 fully saturated rings. The van der Waals surface area contributed by atoms with E-state index in [1.54, 1.807) is 11.3 Å². The van der Waals surface area contributed by atoms with Gasteiger partial charge in [-0.25, -0.2) is 4.98 Å². The minimum absolute atomic E-state index is 0.0413. The molecule has 0 atom stereocenters. The van der Waals surface area contributed by atoms with Crippen molar-refractivity contribution in [2.75, 3.05) is 5.32 Å². The molecule has 0 saturated heterocycles. The van der Waals surface area contributed by atoms with Crippen molar-refractivity contribution in [1.82, 2.24) is 4.98 Å². The molecule has 3 nitrogen and oxygen atoms in total. The maximum absolute atomic E-state index is 12.4. The van der Waals surface area contributed by atoms with Gasteiger partial charge in [0, 0.05) is 11.6 Å². The Bertz CT molecular complexity index is 799. The average Bonchev–Trinajstić information content (AvgIpc) is 3.13. The molecule has 1 amide bonds. The molecule has 3 aromatic rings. The molecule has 0 radical (unpaired) electrons. The fraction of sp³-hybridized carbons (Fsp3) is 0.176. The molecule has 104 valence electrons. The highest BCUT2D eigenvalue weighted by Gasteiger charge is 2.27. The Morgan fingerprint density at radius 1 is 1.14 bits per heavy atom. The van der Waals surface area contributed by atoms with Crippen molar-refractivity contribution in [3.63, 3.8) is 0 Å². The van der Waals surface area contributed by atoms with Crippen molar-refractivity contribution >= 4 is 33.1 Å². The Morgan fingerprint density at radius 2 is 1.90 bits per heavy atom. The molecule has 1 N–H and O–H groups in total. The number of hydrogen-bond acceptors (Lipinski definition) is 3. The first-order valence-electron chi connectivity index (χ1n) is 7.00. The molecule has 4 heteroatoms. The van der Waals surface area contributed by atoms with Crippen LogP contribution in [0.4, 0.5) is 5.69 Å². The SMILES string of the molecule is O=C(Nc1ccc2ncsc2c1)C1Cc2ccccc2C1. The molecule has 2 aromatic carbocycles. The fourth-order valence-electron chi connectivity index (χ4n) is 2.92. The number of carbonyl (C=O) groups is 1. The molecule has 0 saturated carbocycles. The van der Waals surface area contributed by atoms with E-state index >= 15 is 0 Å². The van der Waals surface area contributed by atoms with Crippen molar-refractivity contribution in [3.05, 3.63) is 59.1 Å². The number of thiazole rings is 1. The lowest BCUT2D eigenvalue weighted by Gasteiger charge is -2.10. The van der Waals surface area contributed by atoms with Crippen molar-refractivity contribution < 1.29 is 4.79 Å². The summed E-state index contributed by atoms with van der Waals surface area (Å²) in [5.41, 5.74) is 6.26. The van der Waals surface area contributed by atoms with Crippen molar-refractivity contribution in [3.8, 4) is 0 Å². The second kappa shape index (κ2) is 4.97. The van der Waals surface area contributed by atoms with E-state index in [1.165, 1.54) is 11.1 Å². The number of aromatic nitrogens is 1. The van der Waals surface area contributed by atoms with Gasteiger partial charge >= 0.3 is 0 Å². The van der Waals surface area contributed by atoms with Gasteiger partial charge in [-0.1, -0.05) is 24.3 Å². The lowest BCUT2D eigenvalue weighted by molar-refractivity contribution is -0.119. The summed E-state index contributed by atoms with van der Waals surface area (Å²) in [7, 11) is 0. The fourth-order valence-corrected chi connectivity index (χ4v) is 3.64. The number of rotatable bonds is 2. The van der Waals surface area contributed by atoms with Crippen LogP contribution in [0.1, 0.15) is 11.1 Å². The van der Waals surface area contributed by atoms with Crippen LogP contribution in [0.2, 0.25) is 0 Å². The first kappa shape index (κ1) is 12.5. The second-order valence-electron chi connectivity index (χ2n) is 5.40. The number of hydrogen-bond donors (Lipinski definition) is 1. The summed E-state index contributed by atoms with van der Waals surface area (Å²) in [6, 6.07) is 14.2. The zero-order valence-corrected chi connectivity index (χ0v) is 12.2. The van der Waals surface area contributed by atoms with Gasteiger partial charge in [-0.15, -0.1) is 11.3 Å².